The van der Waals surface area contributed by atoms with Crippen LogP contribution in [-0.2, 0) is 0 Å². The van der Waals surface area contributed by atoms with E-state index in [1.807, 2.05) is 0 Å². The van der Waals surface area contributed by atoms with E-state index in [4.69, 9.17) is 5.73 Å². The molecule has 4 heteroatoms. The molecule has 0 bridgehead atoms. The number of aliphatic hydroxyl groups excluding tert-OH is 2. The van der Waals surface area contributed by atoms with E-state index in [1.165, 1.54) is 0 Å². The molecule has 0 unspecified atom stereocenters. The van der Waals surface area contributed by atoms with E-state index in [0.29, 0.717) is 6.54 Å². The van der Waals surface area contributed by atoms with Crippen molar-refractivity contribution in [2.75, 3.05) is 13.1 Å². The number of rotatable bonds is 0. The molecule has 0 radical (unpaired) electrons. The fraction of sp³-hybridized carbons (Fsp3) is 1.00. The summed E-state index contributed by atoms with van der Waals surface area (Å²) in [6, 6.07) is 0.301. The summed E-state index contributed by atoms with van der Waals surface area (Å²) in [6.45, 7) is 1.53. The van der Waals surface area contributed by atoms with Gasteiger partial charge in [-0.3, -0.25) is 4.90 Å². The van der Waals surface area contributed by atoms with E-state index >= 15 is 0 Å². The molecule has 0 saturated carbocycles. The van der Waals surface area contributed by atoms with Gasteiger partial charge in [0.25, 0.3) is 0 Å². The molecule has 4 nitrogen and oxygen atoms in total. The van der Waals surface area contributed by atoms with E-state index in [9.17, 15) is 10.2 Å². The topological polar surface area (TPSA) is 69.7 Å². The van der Waals surface area contributed by atoms with Crippen molar-refractivity contribution in [3.63, 3.8) is 0 Å². The molecule has 0 spiro atoms. The fourth-order valence-corrected chi connectivity index (χ4v) is 2.26. The molecule has 0 aromatic rings. The minimum Gasteiger partial charge on any atom is -0.389 e. The Kier molecular flexibility index (Phi) is 2.08. The van der Waals surface area contributed by atoms with Gasteiger partial charge in [0.05, 0.1) is 12.2 Å². The van der Waals surface area contributed by atoms with Crippen LogP contribution in [0, 0.1) is 0 Å². The molecule has 12 heavy (non-hydrogen) atoms. The molecule has 4 N–H and O–H groups in total. The number of fused-ring (bicyclic) bond motifs is 1. The van der Waals surface area contributed by atoms with Crippen molar-refractivity contribution in [1.29, 1.82) is 0 Å². The lowest BCUT2D eigenvalue weighted by Crippen LogP contribution is -2.46. The highest BCUT2D eigenvalue weighted by Crippen LogP contribution is 2.26. The summed E-state index contributed by atoms with van der Waals surface area (Å²) >= 11 is 0. The van der Waals surface area contributed by atoms with E-state index in [-0.39, 0.29) is 12.1 Å². The van der Waals surface area contributed by atoms with Gasteiger partial charge in [0.1, 0.15) is 0 Å². The molecule has 70 valence electrons. The van der Waals surface area contributed by atoms with Crippen molar-refractivity contribution in [2.45, 2.75) is 37.1 Å². The minimum atomic E-state index is -0.587. The Balaban J connectivity index is 2.05. The van der Waals surface area contributed by atoms with Gasteiger partial charge in [-0.15, -0.1) is 0 Å². The first kappa shape index (κ1) is 8.44. The zero-order valence-corrected chi connectivity index (χ0v) is 7.06. The van der Waals surface area contributed by atoms with Crippen molar-refractivity contribution in [3.05, 3.63) is 0 Å². The molecular formula is C8H16N2O2. The van der Waals surface area contributed by atoms with Gasteiger partial charge in [-0.25, -0.2) is 0 Å². The average molecular weight is 172 g/mol. The van der Waals surface area contributed by atoms with Gasteiger partial charge in [-0.2, -0.15) is 0 Å². The molecule has 2 aliphatic rings. The normalized spacial score (nSPS) is 49.2. The molecule has 2 heterocycles. The van der Waals surface area contributed by atoms with Crippen LogP contribution in [0.5, 0.6) is 0 Å². The van der Waals surface area contributed by atoms with Gasteiger partial charge >= 0.3 is 0 Å². The molecule has 0 amide bonds. The molecule has 2 rings (SSSR count). The van der Waals surface area contributed by atoms with Crippen LogP contribution < -0.4 is 5.73 Å². The lowest BCUT2D eigenvalue weighted by molar-refractivity contribution is 0.0297. The number of aliphatic hydroxyl groups is 2. The number of nitrogens with two attached hydrogens (primary N) is 1. The first-order valence-electron chi connectivity index (χ1n) is 4.54. The Morgan fingerprint density at radius 1 is 1.33 bits per heavy atom. The van der Waals surface area contributed by atoms with Crippen LogP contribution in [0.15, 0.2) is 0 Å². The third-order valence-corrected chi connectivity index (χ3v) is 3.01. The molecule has 2 fully saturated rings. The second-order valence-corrected chi connectivity index (χ2v) is 3.90. The quantitative estimate of drug-likeness (QED) is 0.416. The van der Waals surface area contributed by atoms with Crippen molar-refractivity contribution >= 4 is 0 Å². The predicted octanol–water partition coefficient (Wildman–Crippen LogP) is -1.49. The Bertz CT molecular complexity index is 176. The van der Waals surface area contributed by atoms with Gasteiger partial charge in [-0.05, 0) is 12.8 Å². The summed E-state index contributed by atoms with van der Waals surface area (Å²) in [5, 5.41) is 18.9. The lowest BCUT2D eigenvalue weighted by Gasteiger charge is -2.33. The third-order valence-electron chi connectivity index (χ3n) is 3.01. The molecule has 0 aliphatic carbocycles. The largest absolute Gasteiger partial charge is 0.389 e. The summed E-state index contributed by atoms with van der Waals surface area (Å²) in [5.74, 6) is 0. The van der Waals surface area contributed by atoms with Crippen LogP contribution in [0.1, 0.15) is 12.8 Å². The predicted molar refractivity (Wildman–Crippen MR) is 44.6 cm³/mol. The standard InChI is InChI=1S/C8H16N2O2/c9-5-1-2-10-4-7(11)8(12)6(10)3-5/h5-8,11-12H,1-4,9H2/t5-,6-,7-,8+/m1/s1. The van der Waals surface area contributed by atoms with Crippen molar-refractivity contribution in [2.24, 2.45) is 5.73 Å². The third kappa shape index (κ3) is 1.25. The Hall–Kier alpha value is -0.160. The average Bonchev–Trinajstić information content (AvgIpc) is 2.31. The van der Waals surface area contributed by atoms with Crippen LogP contribution in [0.25, 0.3) is 0 Å². The first-order chi connectivity index (χ1) is 5.68. The molecular weight excluding hydrogens is 156 g/mol. The summed E-state index contributed by atoms with van der Waals surface area (Å²) in [5.41, 5.74) is 5.78. The minimum absolute atomic E-state index is 0.101. The smallest absolute Gasteiger partial charge is 0.0967 e. The lowest BCUT2D eigenvalue weighted by atomic mass is 9.96. The van der Waals surface area contributed by atoms with Gasteiger partial charge in [0.2, 0.25) is 0 Å². The monoisotopic (exact) mass is 172 g/mol. The van der Waals surface area contributed by atoms with Crippen LogP contribution in [0.4, 0.5) is 0 Å². The molecule has 4 atom stereocenters. The van der Waals surface area contributed by atoms with Gasteiger partial charge in [0.15, 0.2) is 0 Å². The highest BCUT2D eigenvalue weighted by atomic mass is 16.3. The second kappa shape index (κ2) is 2.96. The van der Waals surface area contributed by atoms with E-state index < -0.39 is 12.2 Å². The van der Waals surface area contributed by atoms with E-state index in [1.54, 1.807) is 0 Å². The summed E-state index contributed by atoms with van der Waals surface area (Å²) in [6.07, 6.45) is 0.644. The number of nitrogens with zero attached hydrogens (tertiary/aromatic N) is 1. The first-order valence-corrected chi connectivity index (χ1v) is 4.54. The van der Waals surface area contributed by atoms with Gasteiger partial charge in [0, 0.05) is 25.2 Å². The Morgan fingerprint density at radius 2 is 2.08 bits per heavy atom. The number of hydrogen-bond donors (Lipinski definition) is 3. The molecule has 0 aromatic heterocycles. The van der Waals surface area contributed by atoms with E-state index in [2.05, 4.69) is 4.90 Å². The summed E-state index contributed by atoms with van der Waals surface area (Å²) in [7, 11) is 0. The van der Waals surface area contributed by atoms with Crippen molar-refractivity contribution in [3.8, 4) is 0 Å². The molecule has 0 aromatic carbocycles. The SMILES string of the molecule is N[C@@H]1CCN2C[C@@H](O)[C@@H](O)[C@H]2C1. The highest BCUT2D eigenvalue weighted by Gasteiger charge is 2.42. The van der Waals surface area contributed by atoms with Crippen LogP contribution in [-0.4, -0.2) is 52.5 Å². The van der Waals surface area contributed by atoms with Crippen LogP contribution in [0.3, 0.4) is 0 Å². The van der Waals surface area contributed by atoms with Gasteiger partial charge in [-0.1, -0.05) is 0 Å². The Labute approximate surface area is 72.0 Å². The summed E-state index contributed by atoms with van der Waals surface area (Å²) < 4.78 is 0. The van der Waals surface area contributed by atoms with E-state index in [0.717, 1.165) is 19.4 Å². The van der Waals surface area contributed by atoms with Crippen LogP contribution >= 0.6 is 0 Å². The maximum absolute atomic E-state index is 9.56. The summed E-state index contributed by atoms with van der Waals surface area (Å²) in [4.78, 5) is 2.14. The van der Waals surface area contributed by atoms with Crippen LogP contribution in [0.2, 0.25) is 0 Å². The number of hydrogen-bond acceptors (Lipinski definition) is 4. The van der Waals surface area contributed by atoms with Crippen molar-refractivity contribution in [1.82, 2.24) is 4.90 Å². The maximum atomic E-state index is 9.56. The molecule has 2 saturated heterocycles. The number of piperidine rings is 1. The Morgan fingerprint density at radius 3 is 2.83 bits per heavy atom. The van der Waals surface area contributed by atoms with Crippen molar-refractivity contribution < 1.29 is 10.2 Å². The maximum Gasteiger partial charge on any atom is 0.0967 e. The fourth-order valence-electron chi connectivity index (χ4n) is 2.26. The van der Waals surface area contributed by atoms with Gasteiger partial charge < -0.3 is 15.9 Å². The highest BCUT2D eigenvalue weighted by molar-refractivity contribution is 4.97. The zero-order chi connectivity index (χ0) is 8.72. The molecule has 2 aliphatic heterocycles. The second-order valence-electron chi connectivity index (χ2n) is 3.90. The zero-order valence-electron chi connectivity index (χ0n) is 7.06.